The van der Waals surface area contributed by atoms with Crippen molar-refractivity contribution < 1.29 is 4.79 Å². The number of carbonyl (C=O) groups excluding carboxylic acids is 1. The van der Waals surface area contributed by atoms with Gasteiger partial charge in [0.2, 0.25) is 5.91 Å². The lowest BCUT2D eigenvalue weighted by atomic mass is 10.0. The quantitative estimate of drug-likeness (QED) is 0.502. The third kappa shape index (κ3) is 11.3. The highest BCUT2D eigenvalue weighted by molar-refractivity contribution is 5.76. The summed E-state index contributed by atoms with van der Waals surface area (Å²) in [6.45, 7) is 6.97. The molecule has 0 aromatic heterocycles. The number of rotatable bonds is 13. The number of nitrogens with one attached hydrogen (secondary N) is 1. The van der Waals surface area contributed by atoms with Crippen molar-refractivity contribution in [2.75, 3.05) is 6.54 Å². The molecule has 1 amide bonds. The first-order valence-corrected chi connectivity index (χ1v) is 8.61. The topological polar surface area (TPSA) is 55.1 Å². The fourth-order valence-electron chi connectivity index (χ4n) is 2.37. The Hall–Kier alpha value is -0.570. The van der Waals surface area contributed by atoms with E-state index >= 15 is 0 Å². The smallest absolute Gasteiger partial charge is 0.220 e. The molecule has 0 saturated carbocycles. The largest absolute Gasteiger partial charge is 0.352 e. The molecule has 120 valence electrons. The summed E-state index contributed by atoms with van der Waals surface area (Å²) in [5.74, 6) is 0.573. The van der Waals surface area contributed by atoms with Crippen molar-refractivity contribution >= 4 is 5.91 Å². The molecule has 3 N–H and O–H groups in total. The molecule has 0 fully saturated rings. The monoisotopic (exact) mass is 284 g/mol. The molecule has 0 aliphatic heterocycles. The van der Waals surface area contributed by atoms with Gasteiger partial charge in [-0.05, 0) is 12.3 Å². The van der Waals surface area contributed by atoms with Crippen LogP contribution in [-0.4, -0.2) is 18.5 Å². The lowest BCUT2D eigenvalue weighted by Crippen LogP contribution is -2.43. The van der Waals surface area contributed by atoms with Gasteiger partial charge in [-0.2, -0.15) is 0 Å². The summed E-state index contributed by atoms with van der Waals surface area (Å²) in [6.07, 6.45) is 12.2. The summed E-state index contributed by atoms with van der Waals surface area (Å²) >= 11 is 0. The molecule has 3 heteroatoms. The standard InChI is InChI=1S/C17H36N2O/c1-4-5-6-7-8-9-10-11-12-13-17(20)19-16(14-18)15(2)3/h15-16H,4-14,18H2,1-3H3,(H,19,20). The van der Waals surface area contributed by atoms with Gasteiger partial charge in [-0.15, -0.1) is 0 Å². The molecule has 0 aliphatic rings. The molecule has 3 nitrogen and oxygen atoms in total. The van der Waals surface area contributed by atoms with Gasteiger partial charge in [-0.3, -0.25) is 4.79 Å². The Kier molecular flexibility index (Phi) is 13.0. The van der Waals surface area contributed by atoms with Crippen LogP contribution in [0.15, 0.2) is 0 Å². The first-order chi connectivity index (χ1) is 9.61. The van der Waals surface area contributed by atoms with Gasteiger partial charge in [-0.25, -0.2) is 0 Å². The van der Waals surface area contributed by atoms with Gasteiger partial charge < -0.3 is 11.1 Å². The van der Waals surface area contributed by atoms with E-state index in [1.54, 1.807) is 0 Å². The molecule has 0 heterocycles. The van der Waals surface area contributed by atoms with Gasteiger partial charge >= 0.3 is 0 Å². The molecule has 0 spiro atoms. The first-order valence-electron chi connectivity index (χ1n) is 8.61. The number of nitrogens with two attached hydrogens (primary N) is 1. The summed E-state index contributed by atoms with van der Waals surface area (Å²) in [7, 11) is 0. The molecule has 0 aliphatic carbocycles. The zero-order valence-electron chi connectivity index (χ0n) is 13.9. The van der Waals surface area contributed by atoms with Crippen molar-refractivity contribution in [3.63, 3.8) is 0 Å². The molecule has 1 unspecified atom stereocenters. The summed E-state index contributed by atoms with van der Waals surface area (Å²) in [6, 6.07) is 0.126. The minimum atomic E-state index is 0.126. The van der Waals surface area contributed by atoms with Crippen molar-refractivity contribution in [1.29, 1.82) is 0 Å². The lowest BCUT2D eigenvalue weighted by Gasteiger charge is -2.20. The van der Waals surface area contributed by atoms with Gasteiger partial charge in [0.15, 0.2) is 0 Å². The van der Waals surface area contributed by atoms with Crippen molar-refractivity contribution in [3.05, 3.63) is 0 Å². The number of hydrogen-bond donors (Lipinski definition) is 2. The van der Waals surface area contributed by atoms with E-state index in [1.807, 2.05) is 0 Å². The second kappa shape index (κ2) is 13.4. The van der Waals surface area contributed by atoms with E-state index in [0.29, 0.717) is 18.9 Å². The Bertz CT molecular complexity index is 229. The van der Waals surface area contributed by atoms with E-state index in [1.165, 1.54) is 51.4 Å². The predicted octanol–water partition coefficient (Wildman–Crippen LogP) is 4.01. The van der Waals surface area contributed by atoms with Gasteiger partial charge in [0.25, 0.3) is 0 Å². The lowest BCUT2D eigenvalue weighted by molar-refractivity contribution is -0.122. The molecular weight excluding hydrogens is 248 g/mol. The van der Waals surface area contributed by atoms with E-state index in [0.717, 1.165) is 6.42 Å². The van der Waals surface area contributed by atoms with Crippen molar-refractivity contribution in [3.8, 4) is 0 Å². The highest BCUT2D eigenvalue weighted by atomic mass is 16.1. The first kappa shape index (κ1) is 19.4. The van der Waals surface area contributed by atoms with Crippen LogP contribution in [0.3, 0.4) is 0 Å². The van der Waals surface area contributed by atoms with Crippen LogP contribution in [0.1, 0.15) is 85.0 Å². The van der Waals surface area contributed by atoms with Crippen LogP contribution in [0.2, 0.25) is 0 Å². The average Bonchev–Trinajstić information content (AvgIpc) is 2.42. The molecule has 0 aromatic rings. The normalized spacial score (nSPS) is 12.7. The Labute approximate surface area is 126 Å². The van der Waals surface area contributed by atoms with Gasteiger partial charge in [0, 0.05) is 19.0 Å². The highest BCUT2D eigenvalue weighted by Gasteiger charge is 2.13. The maximum absolute atomic E-state index is 11.8. The highest BCUT2D eigenvalue weighted by Crippen LogP contribution is 2.10. The molecule has 0 aromatic carbocycles. The number of carbonyl (C=O) groups is 1. The second-order valence-corrected chi connectivity index (χ2v) is 6.23. The van der Waals surface area contributed by atoms with Crippen LogP contribution in [0.5, 0.6) is 0 Å². The fraction of sp³-hybridized carbons (Fsp3) is 0.941. The van der Waals surface area contributed by atoms with E-state index in [2.05, 4.69) is 26.1 Å². The molecule has 0 saturated heterocycles. The van der Waals surface area contributed by atoms with Crippen LogP contribution in [-0.2, 0) is 4.79 Å². The van der Waals surface area contributed by atoms with Crippen LogP contribution < -0.4 is 11.1 Å². The van der Waals surface area contributed by atoms with Gasteiger partial charge in [0.05, 0.1) is 0 Å². The van der Waals surface area contributed by atoms with E-state index in [9.17, 15) is 4.79 Å². The van der Waals surface area contributed by atoms with Crippen molar-refractivity contribution in [2.24, 2.45) is 11.7 Å². The average molecular weight is 284 g/mol. The minimum Gasteiger partial charge on any atom is -0.352 e. The van der Waals surface area contributed by atoms with Gasteiger partial charge in [-0.1, -0.05) is 72.1 Å². The zero-order valence-corrected chi connectivity index (χ0v) is 13.9. The SMILES string of the molecule is CCCCCCCCCCCC(=O)NC(CN)C(C)C. The van der Waals surface area contributed by atoms with Crippen LogP contribution in [0.25, 0.3) is 0 Å². The van der Waals surface area contributed by atoms with Crippen LogP contribution in [0, 0.1) is 5.92 Å². The minimum absolute atomic E-state index is 0.126. The Morgan fingerprint density at radius 1 is 0.950 bits per heavy atom. The summed E-state index contributed by atoms with van der Waals surface area (Å²) < 4.78 is 0. The second-order valence-electron chi connectivity index (χ2n) is 6.23. The predicted molar refractivity (Wildman–Crippen MR) is 87.7 cm³/mol. The molecular formula is C17H36N2O. The van der Waals surface area contributed by atoms with Crippen molar-refractivity contribution in [1.82, 2.24) is 5.32 Å². The van der Waals surface area contributed by atoms with E-state index in [-0.39, 0.29) is 11.9 Å². The Balaban J connectivity index is 3.39. The molecule has 0 radical (unpaired) electrons. The molecule has 1 atom stereocenters. The van der Waals surface area contributed by atoms with Crippen LogP contribution in [0.4, 0.5) is 0 Å². The summed E-state index contributed by atoms with van der Waals surface area (Å²) in [4.78, 5) is 11.8. The zero-order chi connectivity index (χ0) is 15.2. The maximum Gasteiger partial charge on any atom is 0.220 e. The van der Waals surface area contributed by atoms with Crippen molar-refractivity contribution in [2.45, 2.75) is 91.0 Å². The van der Waals surface area contributed by atoms with Crippen LogP contribution >= 0.6 is 0 Å². The number of hydrogen-bond acceptors (Lipinski definition) is 2. The Morgan fingerprint density at radius 3 is 1.90 bits per heavy atom. The third-order valence-corrected chi connectivity index (χ3v) is 3.91. The summed E-state index contributed by atoms with van der Waals surface area (Å²) in [5, 5.41) is 3.03. The maximum atomic E-state index is 11.8. The Morgan fingerprint density at radius 2 is 1.45 bits per heavy atom. The van der Waals surface area contributed by atoms with E-state index in [4.69, 9.17) is 5.73 Å². The number of amides is 1. The third-order valence-electron chi connectivity index (χ3n) is 3.91. The number of unbranched alkanes of at least 4 members (excludes halogenated alkanes) is 8. The molecule has 0 bridgehead atoms. The van der Waals surface area contributed by atoms with E-state index < -0.39 is 0 Å². The fourth-order valence-corrected chi connectivity index (χ4v) is 2.37. The molecule has 0 rings (SSSR count). The van der Waals surface area contributed by atoms with Gasteiger partial charge in [0.1, 0.15) is 0 Å². The summed E-state index contributed by atoms with van der Waals surface area (Å²) in [5.41, 5.74) is 5.65. The molecule has 20 heavy (non-hydrogen) atoms.